The molecule has 0 aliphatic rings. The van der Waals surface area contributed by atoms with Crippen molar-refractivity contribution in [2.24, 2.45) is 0 Å². The van der Waals surface area contributed by atoms with Gasteiger partial charge >= 0.3 is 49.2 Å². The van der Waals surface area contributed by atoms with Crippen molar-refractivity contribution in [3.05, 3.63) is 233 Å². The Balaban J connectivity index is 0.000000286. The fraction of sp³-hybridized carbons (Fsp3) is 0. The second-order valence-corrected chi connectivity index (χ2v) is 25.7. The van der Waals surface area contributed by atoms with E-state index in [4.69, 9.17) is 0 Å². The van der Waals surface area contributed by atoms with Crippen molar-refractivity contribution in [3.8, 4) is 0 Å². The molecule has 0 atom stereocenters. The Morgan fingerprint density at radius 3 is 0.187 bits per heavy atom. The van der Waals surface area contributed by atoms with Crippen LogP contribution in [0.5, 0.6) is 0 Å². The molecule has 0 nitrogen and oxygen atoms in total. The fourth-order valence-corrected chi connectivity index (χ4v) is 21.3. The van der Waals surface area contributed by atoms with E-state index in [2.05, 4.69) is 0 Å². The summed E-state index contributed by atoms with van der Waals surface area (Å²) in [6.07, 6.45) is 0. The molecule has 0 radical (unpaired) electrons. The first-order valence-corrected chi connectivity index (χ1v) is 26.5. The number of rotatable bonds is 8. The van der Waals surface area contributed by atoms with Gasteiger partial charge in [-0.2, -0.15) is 0 Å². The number of halogens is 40. The van der Waals surface area contributed by atoms with Crippen LogP contribution in [-0.4, -0.2) is 49.2 Å². The average molecular weight is 1410 g/mol. The van der Waals surface area contributed by atoms with Gasteiger partial charge < -0.3 is 0 Å². The first kappa shape index (κ1) is 72.8. The van der Waals surface area contributed by atoms with Gasteiger partial charge in [0.1, 0.15) is 93.1 Å². The van der Waals surface area contributed by atoms with Gasteiger partial charge in [0.2, 0.25) is 0 Å². The smallest absolute Gasteiger partial charge is 0.208 e. The van der Waals surface area contributed by atoms with Crippen LogP contribution in [-0.2, 0) is 0 Å². The minimum absolute atomic E-state index is 0. The molecular formula is C48Al2F40Mg. The van der Waals surface area contributed by atoms with Crippen molar-refractivity contribution in [3.63, 3.8) is 0 Å². The Morgan fingerprint density at radius 1 is 0.0879 bits per heavy atom. The minimum atomic E-state index is -9.08. The maximum Gasteiger partial charge on any atom is 2.00 e. The van der Waals surface area contributed by atoms with Crippen LogP contribution in [0.1, 0.15) is 0 Å². The summed E-state index contributed by atoms with van der Waals surface area (Å²) in [5, 5.41) is 0. The molecule has 0 saturated heterocycles. The van der Waals surface area contributed by atoms with Crippen LogP contribution < -0.4 is 35.4 Å². The molecule has 0 bridgehead atoms. The van der Waals surface area contributed by atoms with Crippen LogP contribution >= 0.6 is 0 Å². The van der Waals surface area contributed by atoms with Crippen molar-refractivity contribution in [2.45, 2.75) is 0 Å². The number of hydrogen-bond donors (Lipinski definition) is 0. The monoisotopic (exact) mass is 1410 g/mol. The summed E-state index contributed by atoms with van der Waals surface area (Å²) in [6.45, 7) is 0. The van der Waals surface area contributed by atoms with Gasteiger partial charge in [0, 0.05) is 0 Å². The Bertz CT molecular complexity index is 3430. The molecule has 0 aliphatic heterocycles. The zero-order valence-corrected chi connectivity index (χ0v) is 44.7. The third kappa shape index (κ3) is 9.97. The second-order valence-electron chi connectivity index (χ2n) is 17.6. The van der Waals surface area contributed by atoms with Crippen LogP contribution in [0.3, 0.4) is 0 Å². The molecule has 0 unspecified atom stereocenters. The number of benzene rings is 8. The van der Waals surface area contributed by atoms with Crippen LogP contribution in [0, 0.1) is 233 Å². The maximum atomic E-state index is 15.4. The van der Waals surface area contributed by atoms with Gasteiger partial charge in [-0.15, -0.1) is 35.4 Å². The van der Waals surface area contributed by atoms with Crippen molar-refractivity contribution >= 4 is 84.6 Å². The molecule has 8 rings (SSSR count). The van der Waals surface area contributed by atoms with Crippen molar-refractivity contribution in [1.29, 1.82) is 0 Å². The molecule has 480 valence electrons. The summed E-state index contributed by atoms with van der Waals surface area (Å²) in [7, 11) is 0. The van der Waals surface area contributed by atoms with E-state index < -0.39 is 294 Å². The molecule has 43 heteroatoms. The van der Waals surface area contributed by atoms with Crippen molar-refractivity contribution in [1.82, 2.24) is 0 Å². The van der Waals surface area contributed by atoms with Crippen LogP contribution in [0.2, 0.25) is 0 Å². The van der Waals surface area contributed by atoms with E-state index >= 15 is 70.2 Å². The Labute approximate surface area is 491 Å². The zero-order valence-electron chi connectivity index (χ0n) is 41.0. The molecular weight excluding hydrogens is 1410 g/mol. The summed E-state index contributed by atoms with van der Waals surface area (Å²) in [4.78, 5) is 0. The Hall–Kier alpha value is -7.21. The normalized spacial score (nSPS) is 11.9. The number of hydrogen-bond acceptors (Lipinski definition) is 0. The Kier molecular flexibility index (Phi) is 20.0. The van der Waals surface area contributed by atoms with Crippen molar-refractivity contribution in [2.75, 3.05) is 0 Å². The van der Waals surface area contributed by atoms with Gasteiger partial charge in [-0.25, -0.2) is 176 Å². The van der Waals surface area contributed by atoms with E-state index in [-0.39, 0.29) is 23.1 Å². The predicted molar refractivity (Wildman–Crippen MR) is 224 cm³/mol. The summed E-state index contributed by atoms with van der Waals surface area (Å²) in [5.41, 5.74) is 0. The molecule has 0 saturated carbocycles. The summed E-state index contributed by atoms with van der Waals surface area (Å²) < 4.78 is 561. The SMILES string of the molecule is Fc1c(F)c(F)[c]([Al-]([c]2c(F)c(F)c(F)c(F)c2F)([c]2c(F)c(F)c(F)c(F)c2F)[c]2c(F)c(F)c(F)c(F)c2F)c(F)c1F.Fc1c(F)c(F)[c]([Al-]([c]2c(F)c(F)c(F)c(F)c2F)([c]2c(F)c(F)c(F)c(F)c2F)[c]2c(F)c(F)c(F)c(F)c2F)c(F)c1F.[Mg+2]. The minimum Gasteiger partial charge on any atom is -0.208 e. The van der Waals surface area contributed by atoms with Gasteiger partial charge in [-0.1, -0.05) is 0 Å². The molecule has 0 heterocycles. The molecule has 8 aromatic carbocycles. The molecule has 0 aliphatic carbocycles. The quantitative estimate of drug-likeness (QED) is 0.0616. The van der Waals surface area contributed by atoms with Crippen LogP contribution in [0.15, 0.2) is 0 Å². The van der Waals surface area contributed by atoms with E-state index in [0.29, 0.717) is 0 Å². The van der Waals surface area contributed by atoms with E-state index in [9.17, 15) is 105 Å². The first-order valence-electron chi connectivity index (χ1n) is 21.9. The maximum absolute atomic E-state index is 15.4. The summed E-state index contributed by atoms with van der Waals surface area (Å²) in [5.74, 6) is -142. The standard InChI is InChI=1S/8C6F5.2Al.Mg/c8*7-2-1-3(8)5(10)6(11)4(2)9;;;/q;;;;;;;;2*-1;+2. The van der Waals surface area contributed by atoms with Gasteiger partial charge in [-0.05, 0) is 0 Å². The van der Waals surface area contributed by atoms with Gasteiger partial charge in [-0.3, -0.25) is 0 Å². The van der Waals surface area contributed by atoms with Gasteiger partial charge in [0.15, 0.2) is 140 Å². The van der Waals surface area contributed by atoms with Crippen LogP contribution in [0.25, 0.3) is 0 Å². The van der Waals surface area contributed by atoms with Gasteiger partial charge in [0.25, 0.3) is 0 Å². The van der Waals surface area contributed by atoms with E-state index in [1.54, 1.807) is 0 Å². The summed E-state index contributed by atoms with van der Waals surface area (Å²) >= 11 is -18.2. The zero-order chi connectivity index (χ0) is 68.7. The van der Waals surface area contributed by atoms with E-state index in [1.807, 2.05) is 0 Å². The molecule has 0 aromatic heterocycles. The topological polar surface area (TPSA) is 0 Å². The molecule has 0 fully saturated rings. The van der Waals surface area contributed by atoms with Crippen LogP contribution in [0.4, 0.5) is 176 Å². The van der Waals surface area contributed by atoms with E-state index in [0.717, 1.165) is 0 Å². The molecule has 0 N–H and O–H groups in total. The molecule has 0 spiro atoms. The molecule has 0 amide bonds. The largest absolute Gasteiger partial charge is 2.00 e. The van der Waals surface area contributed by atoms with Gasteiger partial charge in [0.05, 0.1) is 0 Å². The van der Waals surface area contributed by atoms with Crippen molar-refractivity contribution < 1.29 is 176 Å². The third-order valence-electron chi connectivity index (χ3n) is 13.4. The van der Waals surface area contributed by atoms with E-state index in [1.165, 1.54) is 0 Å². The first-order chi connectivity index (χ1) is 41.4. The average Bonchev–Trinajstić information content (AvgIpc) is 0.690. The summed E-state index contributed by atoms with van der Waals surface area (Å²) in [6, 6.07) is 0. The third-order valence-corrected chi connectivity index (χ3v) is 24.4. The second kappa shape index (κ2) is 25.0. The molecule has 8 aromatic rings. The fourth-order valence-electron chi connectivity index (χ4n) is 9.75. The Morgan fingerprint density at radius 2 is 0.132 bits per heavy atom. The predicted octanol–water partition coefficient (Wildman–Crippen LogP) is 11.3. The molecule has 91 heavy (non-hydrogen) atoms.